The van der Waals surface area contributed by atoms with Crippen molar-refractivity contribution in [2.75, 3.05) is 0 Å². The van der Waals surface area contributed by atoms with E-state index in [4.69, 9.17) is 5.14 Å². The van der Waals surface area contributed by atoms with Crippen molar-refractivity contribution in [2.24, 2.45) is 5.14 Å². The summed E-state index contributed by atoms with van der Waals surface area (Å²) in [6.07, 6.45) is 0. The molecular weight excluding hydrogens is 346 g/mol. The van der Waals surface area contributed by atoms with Crippen molar-refractivity contribution in [2.45, 2.75) is 11.8 Å². The first-order valence-electron chi connectivity index (χ1n) is 8.11. The summed E-state index contributed by atoms with van der Waals surface area (Å²) in [6.45, 7) is 1.93. The number of benzene rings is 3. The number of hydrogen-bond acceptors (Lipinski definition) is 3. The largest absolute Gasteiger partial charge is 0.238 e. The molecule has 0 aliphatic rings. The lowest BCUT2D eigenvalue weighted by Crippen LogP contribution is -2.12. The van der Waals surface area contributed by atoms with Crippen LogP contribution in [0.25, 0.3) is 27.7 Å². The Morgan fingerprint density at radius 1 is 0.885 bits per heavy atom. The predicted molar refractivity (Wildman–Crippen MR) is 103 cm³/mol. The fourth-order valence-corrected chi connectivity index (χ4v) is 3.54. The highest BCUT2D eigenvalue weighted by Crippen LogP contribution is 2.27. The molecule has 0 aliphatic heterocycles. The van der Waals surface area contributed by atoms with Crippen molar-refractivity contribution in [1.82, 2.24) is 9.78 Å². The van der Waals surface area contributed by atoms with Gasteiger partial charge < -0.3 is 0 Å². The normalized spacial score (nSPS) is 11.8. The summed E-state index contributed by atoms with van der Waals surface area (Å²) in [6, 6.07) is 22.9. The Morgan fingerprint density at radius 2 is 1.58 bits per heavy atom. The van der Waals surface area contributed by atoms with E-state index in [1.165, 1.54) is 17.5 Å². The minimum atomic E-state index is -3.71. The van der Waals surface area contributed by atoms with Gasteiger partial charge in [0.2, 0.25) is 10.0 Å². The van der Waals surface area contributed by atoms with Crippen LogP contribution in [0.5, 0.6) is 0 Å². The summed E-state index contributed by atoms with van der Waals surface area (Å²) < 4.78 is 24.7. The van der Waals surface area contributed by atoms with Gasteiger partial charge in [0.15, 0.2) is 0 Å². The van der Waals surface area contributed by atoms with Gasteiger partial charge >= 0.3 is 0 Å². The zero-order valence-electron chi connectivity index (χ0n) is 14.1. The molecular formula is C20H17N3O2S. The summed E-state index contributed by atoms with van der Waals surface area (Å²) in [5.74, 6) is 0. The van der Waals surface area contributed by atoms with E-state index in [0.29, 0.717) is 0 Å². The minimum absolute atomic E-state index is 0.0809. The van der Waals surface area contributed by atoms with E-state index in [1.807, 2.05) is 29.8 Å². The minimum Gasteiger partial charge on any atom is -0.233 e. The summed E-state index contributed by atoms with van der Waals surface area (Å²) in [5, 5.41) is 12.1. The van der Waals surface area contributed by atoms with E-state index in [-0.39, 0.29) is 4.90 Å². The second-order valence-corrected chi connectivity index (χ2v) is 7.75. The summed E-state index contributed by atoms with van der Waals surface area (Å²) in [4.78, 5) is 0.0809. The van der Waals surface area contributed by atoms with E-state index < -0.39 is 10.0 Å². The van der Waals surface area contributed by atoms with Crippen molar-refractivity contribution in [3.63, 3.8) is 0 Å². The van der Waals surface area contributed by atoms with Crippen molar-refractivity contribution in [1.29, 1.82) is 0 Å². The SMILES string of the molecule is Cc1cc(-c2ccc3ccccc3c2)n(-c2ccc(S(N)(=O)=O)cc2)n1. The molecule has 0 saturated carbocycles. The molecule has 0 radical (unpaired) electrons. The van der Waals surface area contributed by atoms with E-state index in [1.54, 1.807) is 12.1 Å². The lowest BCUT2D eigenvalue weighted by Gasteiger charge is -2.09. The number of fused-ring (bicyclic) bond motifs is 1. The number of nitrogens with zero attached hydrogens (tertiary/aromatic N) is 2. The maximum Gasteiger partial charge on any atom is 0.238 e. The highest BCUT2D eigenvalue weighted by atomic mass is 32.2. The van der Waals surface area contributed by atoms with Gasteiger partial charge in [0.1, 0.15) is 0 Å². The van der Waals surface area contributed by atoms with E-state index in [0.717, 1.165) is 28.0 Å². The molecule has 0 bridgehead atoms. The number of sulfonamides is 1. The highest BCUT2D eigenvalue weighted by Gasteiger charge is 2.12. The lowest BCUT2D eigenvalue weighted by atomic mass is 10.0. The van der Waals surface area contributed by atoms with Crippen LogP contribution in [0.3, 0.4) is 0 Å². The van der Waals surface area contributed by atoms with Crippen molar-refractivity contribution in [3.05, 3.63) is 78.5 Å². The number of aromatic nitrogens is 2. The van der Waals surface area contributed by atoms with Crippen LogP contribution >= 0.6 is 0 Å². The van der Waals surface area contributed by atoms with Crippen LogP contribution in [0.2, 0.25) is 0 Å². The highest BCUT2D eigenvalue weighted by molar-refractivity contribution is 7.89. The molecule has 5 nitrogen and oxygen atoms in total. The molecule has 0 unspecified atom stereocenters. The molecule has 6 heteroatoms. The molecule has 0 spiro atoms. The molecule has 3 aromatic carbocycles. The van der Waals surface area contributed by atoms with Gasteiger partial charge in [0, 0.05) is 5.56 Å². The van der Waals surface area contributed by atoms with Crippen LogP contribution in [0.1, 0.15) is 5.69 Å². The van der Waals surface area contributed by atoms with E-state index >= 15 is 0 Å². The van der Waals surface area contributed by atoms with Crippen LogP contribution in [-0.2, 0) is 10.0 Å². The third kappa shape index (κ3) is 3.00. The molecule has 0 saturated heterocycles. The molecule has 4 rings (SSSR count). The molecule has 4 aromatic rings. The quantitative estimate of drug-likeness (QED) is 0.603. The van der Waals surface area contributed by atoms with Crippen LogP contribution in [-0.4, -0.2) is 18.2 Å². The third-order valence-corrected chi connectivity index (χ3v) is 5.22. The fourth-order valence-electron chi connectivity index (χ4n) is 3.03. The number of nitrogens with two attached hydrogens (primary N) is 1. The summed E-state index contributed by atoms with van der Waals surface area (Å²) in [7, 11) is -3.71. The number of primary sulfonamides is 1. The standard InChI is InChI=1S/C20H17N3O2S/c1-14-12-20(17-7-6-15-4-2-3-5-16(15)13-17)23(22-14)18-8-10-19(11-9-18)26(21,24)25/h2-13H,1H3,(H2,21,24,25). The smallest absolute Gasteiger partial charge is 0.233 e. The maximum absolute atomic E-state index is 11.5. The van der Waals surface area contributed by atoms with Crippen molar-refractivity contribution < 1.29 is 8.42 Å². The van der Waals surface area contributed by atoms with E-state index in [2.05, 4.69) is 35.4 Å². The topological polar surface area (TPSA) is 78.0 Å². The zero-order chi connectivity index (χ0) is 18.3. The molecule has 26 heavy (non-hydrogen) atoms. The zero-order valence-corrected chi connectivity index (χ0v) is 14.9. The van der Waals surface area contributed by atoms with Gasteiger partial charge in [0.25, 0.3) is 0 Å². The van der Waals surface area contributed by atoms with Crippen molar-refractivity contribution >= 4 is 20.8 Å². The van der Waals surface area contributed by atoms with Crippen LogP contribution in [0.15, 0.2) is 77.7 Å². The lowest BCUT2D eigenvalue weighted by molar-refractivity contribution is 0.598. The van der Waals surface area contributed by atoms with Crippen molar-refractivity contribution in [3.8, 4) is 16.9 Å². The number of rotatable bonds is 3. The second-order valence-electron chi connectivity index (χ2n) is 6.18. The molecule has 0 aliphatic carbocycles. The van der Waals surface area contributed by atoms with Crippen LogP contribution in [0.4, 0.5) is 0 Å². The average Bonchev–Trinajstić information content (AvgIpc) is 3.02. The third-order valence-electron chi connectivity index (χ3n) is 4.29. The molecule has 0 fully saturated rings. The van der Waals surface area contributed by atoms with Gasteiger partial charge in [-0.1, -0.05) is 36.4 Å². The Bertz CT molecular complexity index is 1210. The predicted octanol–water partition coefficient (Wildman–Crippen LogP) is 3.65. The van der Waals surface area contributed by atoms with Crippen LogP contribution in [0, 0.1) is 6.92 Å². The first-order chi connectivity index (χ1) is 12.4. The van der Waals surface area contributed by atoms with Gasteiger partial charge in [-0.25, -0.2) is 18.2 Å². The first kappa shape index (κ1) is 16.5. The Labute approximate surface area is 151 Å². The number of aryl methyl sites for hydroxylation is 1. The van der Waals surface area contributed by atoms with Gasteiger partial charge in [0.05, 0.1) is 22.0 Å². The molecule has 1 aromatic heterocycles. The second kappa shape index (κ2) is 6.09. The molecule has 0 atom stereocenters. The van der Waals surface area contributed by atoms with Gasteiger partial charge in [-0.3, -0.25) is 0 Å². The van der Waals surface area contributed by atoms with Gasteiger partial charge in [-0.2, -0.15) is 5.10 Å². The molecule has 0 amide bonds. The van der Waals surface area contributed by atoms with Gasteiger partial charge in [-0.15, -0.1) is 0 Å². The maximum atomic E-state index is 11.5. The molecule has 130 valence electrons. The Kier molecular flexibility index (Phi) is 3.86. The fraction of sp³-hybridized carbons (Fsp3) is 0.0500. The Hall–Kier alpha value is -2.96. The van der Waals surface area contributed by atoms with E-state index in [9.17, 15) is 8.42 Å². The molecule has 2 N–H and O–H groups in total. The first-order valence-corrected chi connectivity index (χ1v) is 9.65. The Balaban J connectivity index is 1.84. The average molecular weight is 363 g/mol. The monoisotopic (exact) mass is 363 g/mol. The summed E-state index contributed by atoms with van der Waals surface area (Å²) in [5.41, 5.74) is 3.63. The Morgan fingerprint density at radius 3 is 2.27 bits per heavy atom. The van der Waals surface area contributed by atoms with Gasteiger partial charge in [-0.05, 0) is 54.1 Å². The summed E-state index contributed by atoms with van der Waals surface area (Å²) >= 11 is 0. The molecule has 1 heterocycles. The van der Waals surface area contributed by atoms with Crippen LogP contribution < -0.4 is 5.14 Å². The number of hydrogen-bond donors (Lipinski definition) is 1.